The topological polar surface area (TPSA) is 9.23 Å². The Morgan fingerprint density at radius 3 is 1.00 bits per heavy atom. The molecule has 0 rings (SSSR count). The van der Waals surface area contributed by atoms with Gasteiger partial charge in [-0.15, -0.1) is 0 Å². The van der Waals surface area contributed by atoms with Crippen LogP contribution in [0.2, 0.25) is 0 Å². The van der Waals surface area contributed by atoms with Crippen LogP contribution in [0.1, 0.15) is 0 Å². The van der Waals surface area contributed by atoms with Crippen LogP contribution in [-0.4, -0.2) is 43.1 Å². The fourth-order valence-electron chi connectivity index (χ4n) is 1.04. The van der Waals surface area contributed by atoms with Crippen LogP contribution in [0, 0.1) is 0 Å². The predicted molar refractivity (Wildman–Crippen MR) is 37.8 cm³/mol. The average Bonchev–Trinajstić information content (AvgIpc) is 2.23. The Balaban J connectivity index is 6.42. The minimum absolute atomic E-state index is 0.412. The highest BCUT2D eigenvalue weighted by molar-refractivity contribution is 5.12. The van der Waals surface area contributed by atoms with E-state index >= 15 is 0 Å². The van der Waals surface area contributed by atoms with Crippen molar-refractivity contribution in [2.75, 3.05) is 7.11 Å². The van der Waals surface area contributed by atoms with E-state index in [1.54, 1.807) is 0 Å². The Labute approximate surface area is 106 Å². The van der Waals surface area contributed by atoms with E-state index in [1.165, 1.54) is 0 Å². The Morgan fingerprint density at radius 1 is 0.524 bits per heavy atom. The Hall–Kier alpha value is -0.950. The van der Waals surface area contributed by atoms with Crippen molar-refractivity contribution in [3.63, 3.8) is 0 Å². The lowest BCUT2D eigenvalue weighted by atomic mass is 9.90. The van der Waals surface area contributed by atoms with E-state index in [-0.39, 0.29) is 0 Å². The molecule has 0 atom stereocenters. The molecule has 0 radical (unpaired) electrons. The number of ether oxygens (including phenoxy) is 1. The van der Waals surface area contributed by atoms with E-state index in [9.17, 15) is 57.1 Å². The summed E-state index contributed by atoms with van der Waals surface area (Å²) < 4.78 is 163. The van der Waals surface area contributed by atoms with Crippen LogP contribution in [-0.2, 0) is 4.74 Å². The van der Waals surface area contributed by atoms with Gasteiger partial charge in [0.1, 0.15) is 0 Å². The lowest BCUT2D eigenvalue weighted by Crippen LogP contribution is -2.73. The van der Waals surface area contributed by atoms with Crippen LogP contribution >= 0.6 is 0 Å². The average molecular weight is 350 g/mol. The van der Waals surface area contributed by atoms with Crippen LogP contribution in [0.15, 0.2) is 0 Å². The minimum Gasteiger partial charge on any atom is -0.319 e. The second-order valence-electron chi connectivity index (χ2n) is 3.52. The highest BCUT2D eigenvalue weighted by Gasteiger charge is 2.93. The van der Waals surface area contributed by atoms with E-state index in [2.05, 4.69) is 4.74 Å². The van der Waals surface area contributed by atoms with Crippen molar-refractivity contribution in [3.8, 4) is 0 Å². The maximum atomic E-state index is 12.9. The van der Waals surface area contributed by atoms with Crippen LogP contribution in [0.4, 0.5) is 57.1 Å². The van der Waals surface area contributed by atoms with Crippen LogP contribution in [0.5, 0.6) is 0 Å². The molecule has 14 heteroatoms. The van der Waals surface area contributed by atoms with E-state index in [0.717, 1.165) is 0 Å². The Bertz CT molecular complexity index is 363. The predicted octanol–water partition coefficient (Wildman–Crippen LogP) is 4.33. The van der Waals surface area contributed by atoms with Crippen molar-refractivity contribution in [1.29, 1.82) is 0 Å². The minimum atomic E-state index is -7.93. The molecule has 0 spiro atoms. The summed E-state index contributed by atoms with van der Waals surface area (Å²) in [5.41, 5.74) is -7.93. The number of hydrogen-bond donors (Lipinski definition) is 0. The lowest BCUT2D eigenvalue weighted by molar-refractivity contribution is -0.467. The van der Waals surface area contributed by atoms with Crippen molar-refractivity contribution in [2.24, 2.45) is 0 Å². The molecule has 0 aromatic carbocycles. The van der Waals surface area contributed by atoms with E-state index in [4.69, 9.17) is 0 Å². The van der Waals surface area contributed by atoms with Gasteiger partial charge >= 0.3 is 36.0 Å². The van der Waals surface area contributed by atoms with Gasteiger partial charge in [0.15, 0.2) is 0 Å². The van der Waals surface area contributed by atoms with Crippen LogP contribution in [0.3, 0.4) is 0 Å². The van der Waals surface area contributed by atoms with E-state index in [1.807, 2.05) is 0 Å². The summed E-state index contributed by atoms with van der Waals surface area (Å²) in [6.07, 6.45) is -21.8. The van der Waals surface area contributed by atoms with Crippen molar-refractivity contribution in [2.45, 2.75) is 36.0 Å². The molecule has 0 saturated heterocycles. The monoisotopic (exact) mass is 350 g/mol. The third kappa shape index (κ3) is 2.50. The molecule has 0 aliphatic heterocycles. The first kappa shape index (κ1) is 20.1. The maximum absolute atomic E-state index is 12.9. The van der Waals surface area contributed by atoms with Gasteiger partial charge in [0, 0.05) is 7.11 Å². The zero-order valence-electron chi connectivity index (χ0n) is 9.32. The molecule has 0 heterocycles. The quantitative estimate of drug-likeness (QED) is 0.686. The maximum Gasteiger partial charge on any atom is 0.438 e. The van der Waals surface area contributed by atoms with Crippen molar-refractivity contribution >= 4 is 0 Å². The summed E-state index contributed by atoms with van der Waals surface area (Å²) in [6, 6.07) is 0. The summed E-state index contributed by atoms with van der Waals surface area (Å²) >= 11 is 0. The standard InChI is InChI=1S/C7H3F13O/c1-21-7(19,20)4(11,12)3(9,10)2(8,5(13,14)15)6(16,17)18/h1H3. The molecular formula is C7H3F13O. The zero-order valence-corrected chi connectivity index (χ0v) is 9.32. The van der Waals surface area contributed by atoms with Gasteiger partial charge in [0.25, 0.3) is 0 Å². The Morgan fingerprint density at radius 2 is 0.810 bits per heavy atom. The number of halogens is 13. The lowest BCUT2D eigenvalue weighted by Gasteiger charge is -2.40. The number of hydrogen-bond acceptors (Lipinski definition) is 1. The molecule has 0 unspecified atom stereocenters. The zero-order chi connectivity index (χ0) is 17.7. The van der Waals surface area contributed by atoms with Gasteiger partial charge < -0.3 is 4.74 Å². The highest BCUT2D eigenvalue weighted by Crippen LogP contribution is 2.61. The molecule has 0 aliphatic rings. The molecule has 128 valence electrons. The molecule has 0 amide bonds. The van der Waals surface area contributed by atoms with Gasteiger partial charge in [-0.2, -0.15) is 52.7 Å². The third-order valence-corrected chi connectivity index (χ3v) is 2.23. The Kier molecular flexibility index (Phi) is 4.56. The van der Waals surface area contributed by atoms with Gasteiger partial charge in [-0.1, -0.05) is 0 Å². The molecule has 21 heavy (non-hydrogen) atoms. The smallest absolute Gasteiger partial charge is 0.319 e. The second kappa shape index (κ2) is 4.78. The molecular weight excluding hydrogens is 347 g/mol. The van der Waals surface area contributed by atoms with Gasteiger partial charge in [0.2, 0.25) is 0 Å². The molecule has 0 aromatic rings. The summed E-state index contributed by atoms with van der Waals surface area (Å²) in [5, 5.41) is 0. The molecule has 0 bridgehead atoms. The second-order valence-corrected chi connectivity index (χ2v) is 3.52. The van der Waals surface area contributed by atoms with Crippen LogP contribution in [0.25, 0.3) is 0 Å². The first-order chi connectivity index (χ1) is 8.81. The highest BCUT2D eigenvalue weighted by atomic mass is 19.4. The van der Waals surface area contributed by atoms with Crippen LogP contribution < -0.4 is 0 Å². The summed E-state index contributed by atoms with van der Waals surface area (Å²) in [7, 11) is -0.412. The van der Waals surface area contributed by atoms with E-state index < -0.39 is 43.1 Å². The third-order valence-electron chi connectivity index (χ3n) is 2.23. The first-order valence-electron chi connectivity index (χ1n) is 4.32. The van der Waals surface area contributed by atoms with Crippen molar-refractivity contribution < 1.29 is 61.8 Å². The molecule has 0 aromatic heterocycles. The summed E-state index contributed by atoms with van der Waals surface area (Å²) in [4.78, 5) is 0. The fourth-order valence-corrected chi connectivity index (χ4v) is 1.04. The van der Waals surface area contributed by atoms with Crippen molar-refractivity contribution in [1.82, 2.24) is 0 Å². The molecule has 0 saturated carbocycles. The first-order valence-corrected chi connectivity index (χ1v) is 4.32. The molecule has 0 fully saturated rings. The summed E-state index contributed by atoms with van der Waals surface area (Å²) in [5.74, 6) is -15.4. The number of rotatable bonds is 4. The number of alkyl halides is 13. The largest absolute Gasteiger partial charge is 0.438 e. The fraction of sp³-hybridized carbons (Fsp3) is 1.00. The van der Waals surface area contributed by atoms with Crippen molar-refractivity contribution in [3.05, 3.63) is 0 Å². The van der Waals surface area contributed by atoms with E-state index in [0.29, 0.717) is 0 Å². The van der Waals surface area contributed by atoms with Gasteiger partial charge in [-0.25, -0.2) is 4.39 Å². The SMILES string of the molecule is COC(F)(F)C(F)(F)C(F)(F)C(F)(C(F)(F)F)C(F)(F)F. The van der Waals surface area contributed by atoms with Gasteiger partial charge in [-0.05, 0) is 0 Å². The molecule has 1 nitrogen and oxygen atoms in total. The normalized spacial score (nSPS) is 16.3. The van der Waals surface area contributed by atoms with Gasteiger partial charge in [0.05, 0.1) is 0 Å². The summed E-state index contributed by atoms with van der Waals surface area (Å²) in [6.45, 7) is 0. The number of methoxy groups -OCH3 is 1. The van der Waals surface area contributed by atoms with Gasteiger partial charge in [-0.3, -0.25) is 0 Å². The molecule has 0 N–H and O–H groups in total. The molecule has 0 aliphatic carbocycles.